The molecule has 1 aliphatic carbocycles. The minimum atomic E-state index is 0.123. The first kappa shape index (κ1) is 12.3. The third kappa shape index (κ3) is 3.00. The fourth-order valence-electron chi connectivity index (χ4n) is 2.68. The highest BCUT2D eigenvalue weighted by molar-refractivity contribution is 5.75. The smallest absolute Gasteiger partial charge is 0.317 e. The fourth-order valence-corrected chi connectivity index (χ4v) is 2.68. The van der Waals surface area contributed by atoms with Crippen molar-refractivity contribution >= 4 is 11.7 Å². The van der Waals surface area contributed by atoms with E-state index >= 15 is 0 Å². The van der Waals surface area contributed by atoms with Crippen LogP contribution in [0.15, 0.2) is 24.3 Å². The van der Waals surface area contributed by atoms with E-state index in [0.717, 1.165) is 44.5 Å². The molecule has 1 heterocycles. The highest BCUT2D eigenvalue weighted by atomic mass is 16.2. The lowest BCUT2D eigenvalue weighted by molar-refractivity contribution is 0.181. The van der Waals surface area contributed by atoms with Crippen molar-refractivity contribution < 1.29 is 4.79 Å². The van der Waals surface area contributed by atoms with Gasteiger partial charge in [0.15, 0.2) is 0 Å². The van der Waals surface area contributed by atoms with Gasteiger partial charge in [-0.15, -0.1) is 0 Å². The standard InChI is InChI=1S/C15H21N3O/c16-13-3-1-11(2-4-13)12-7-9-18(10-8-12)15(19)17-14-5-6-14/h1-4,12,14H,5-10,16H2,(H,17,19). The van der Waals surface area contributed by atoms with Gasteiger partial charge in [0.05, 0.1) is 0 Å². The molecule has 0 spiro atoms. The zero-order valence-electron chi connectivity index (χ0n) is 11.1. The number of carbonyl (C=O) groups is 1. The van der Waals surface area contributed by atoms with Gasteiger partial charge in [-0.3, -0.25) is 0 Å². The van der Waals surface area contributed by atoms with Gasteiger partial charge >= 0.3 is 6.03 Å². The quantitative estimate of drug-likeness (QED) is 0.801. The number of hydrogen-bond donors (Lipinski definition) is 2. The van der Waals surface area contributed by atoms with Crippen molar-refractivity contribution in [3.8, 4) is 0 Å². The Hall–Kier alpha value is -1.71. The van der Waals surface area contributed by atoms with Crippen molar-refractivity contribution in [3.05, 3.63) is 29.8 Å². The van der Waals surface area contributed by atoms with Crippen molar-refractivity contribution in [1.29, 1.82) is 0 Å². The summed E-state index contributed by atoms with van der Waals surface area (Å²) in [6.45, 7) is 1.71. The van der Waals surface area contributed by atoms with Gasteiger partial charge in [0.25, 0.3) is 0 Å². The highest BCUT2D eigenvalue weighted by Crippen LogP contribution is 2.29. The van der Waals surface area contributed by atoms with Gasteiger partial charge in [-0.05, 0) is 49.3 Å². The number of anilines is 1. The maximum absolute atomic E-state index is 11.9. The molecular formula is C15H21N3O. The first-order valence-electron chi connectivity index (χ1n) is 7.13. The monoisotopic (exact) mass is 259 g/mol. The van der Waals surface area contributed by atoms with Crippen LogP contribution < -0.4 is 11.1 Å². The maximum Gasteiger partial charge on any atom is 0.317 e. The van der Waals surface area contributed by atoms with Crippen molar-refractivity contribution in [3.63, 3.8) is 0 Å². The number of benzene rings is 1. The Bertz CT molecular complexity index is 445. The SMILES string of the molecule is Nc1ccc(C2CCN(C(=O)NC3CC3)CC2)cc1. The summed E-state index contributed by atoms with van der Waals surface area (Å²) in [4.78, 5) is 13.9. The number of nitrogens with two attached hydrogens (primary N) is 1. The molecule has 1 aliphatic heterocycles. The normalized spacial score (nSPS) is 20.3. The Morgan fingerprint density at radius 3 is 2.32 bits per heavy atom. The zero-order valence-corrected chi connectivity index (χ0v) is 11.1. The molecule has 0 unspecified atom stereocenters. The van der Waals surface area contributed by atoms with Crippen molar-refractivity contribution in [2.75, 3.05) is 18.8 Å². The lowest BCUT2D eigenvalue weighted by Crippen LogP contribution is -2.44. The molecule has 102 valence electrons. The van der Waals surface area contributed by atoms with Crippen molar-refractivity contribution in [2.24, 2.45) is 0 Å². The first-order chi connectivity index (χ1) is 9.22. The Labute approximate surface area is 114 Å². The van der Waals surface area contributed by atoms with Crippen LogP contribution in [0, 0.1) is 0 Å². The summed E-state index contributed by atoms with van der Waals surface area (Å²) < 4.78 is 0. The Kier molecular flexibility index (Phi) is 3.32. The number of rotatable bonds is 2. The van der Waals surface area contributed by atoms with Gasteiger partial charge in [0.2, 0.25) is 0 Å². The number of likely N-dealkylation sites (tertiary alicyclic amines) is 1. The molecular weight excluding hydrogens is 238 g/mol. The predicted molar refractivity (Wildman–Crippen MR) is 76.0 cm³/mol. The Morgan fingerprint density at radius 1 is 1.11 bits per heavy atom. The average Bonchev–Trinajstić information content (AvgIpc) is 3.24. The lowest BCUT2D eigenvalue weighted by atomic mass is 9.89. The molecule has 0 radical (unpaired) electrons. The summed E-state index contributed by atoms with van der Waals surface area (Å²) >= 11 is 0. The van der Waals surface area contributed by atoms with E-state index in [9.17, 15) is 4.79 Å². The molecule has 1 aromatic carbocycles. The van der Waals surface area contributed by atoms with Crippen LogP contribution >= 0.6 is 0 Å². The van der Waals surface area contributed by atoms with Crippen LogP contribution in [-0.2, 0) is 0 Å². The van der Waals surface area contributed by atoms with Crippen LogP contribution in [0.2, 0.25) is 0 Å². The lowest BCUT2D eigenvalue weighted by Gasteiger charge is -2.32. The summed E-state index contributed by atoms with van der Waals surface area (Å²) in [5.41, 5.74) is 7.86. The van der Waals surface area contributed by atoms with Crippen molar-refractivity contribution in [2.45, 2.75) is 37.6 Å². The first-order valence-corrected chi connectivity index (χ1v) is 7.13. The van der Waals surface area contributed by atoms with Gasteiger partial charge in [-0.25, -0.2) is 4.79 Å². The second kappa shape index (κ2) is 5.11. The van der Waals surface area contributed by atoms with Crippen molar-refractivity contribution in [1.82, 2.24) is 10.2 Å². The molecule has 1 saturated carbocycles. The minimum Gasteiger partial charge on any atom is -0.399 e. The van der Waals surface area contributed by atoms with E-state index in [0.29, 0.717) is 12.0 Å². The summed E-state index contributed by atoms with van der Waals surface area (Å²) in [5.74, 6) is 0.561. The molecule has 0 atom stereocenters. The average molecular weight is 259 g/mol. The van der Waals surface area contributed by atoms with Crippen LogP contribution in [-0.4, -0.2) is 30.1 Å². The van der Waals surface area contributed by atoms with Crippen LogP contribution in [0.1, 0.15) is 37.2 Å². The zero-order chi connectivity index (χ0) is 13.2. The number of nitrogens with one attached hydrogen (secondary N) is 1. The van der Waals surface area contributed by atoms with Gasteiger partial charge < -0.3 is 16.0 Å². The second-order valence-electron chi connectivity index (χ2n) is 5.65. The molecule has 1 saturated heterocycles. The van der Waals surface area contributed by atoms with Crippen LogP contribution in [0.3, 0.4) is 0 Å². The number of carbonyl (C=O) groups excluding carboxylic acids is 1. The second-order valence-corrected chi connectivity index (χ2v) is 5.65. The van der Waals surface area contributed by atoms with Gasteiger partial charge in [-0.1, -0.05) is 12.1 Å². The van der Waals surface area contributed by atoms with E-state index in [-0.39, 0.29) is 6.03 Å². The number of nitrogens with zero attached hydrogens (tertiary/aromatic N) is 1. The van der Waals surface area contributed by atoms with E-state index < -0.39 is 0 Å². The molecule has 4 nitrogen and oxygen atoms in total. The van der Waals surface area contributed by atoms with Crippen LogP contribution in [0.4, 0.5) is 10.5 Å². The molecule has 1 aromatic rings. The summed E-state index contributed by atoms with van der Waals surface area (Å²) in [6, 6.07) is 8.71. The highest BCUT2D eigenvalue weighted by Gasteiger charge is 2.28. The number of urea groups is 1. The number of amides is 2. The van der Waals surface area contributed by atoms with Gasteiger partial charge in [0.1, 0.15) is 0 Å². The number of hydrogen-bond acceptors (Lipinski definition) is 2. The third-order valence-electron chi connectivity index (χ3n) is 4.09. The number of nitrogen functional groups attached to an aromatic ring is 1. The predicted octanol–water partition coefficient (Wildman–Crippen LogP) is 2.32. The summed E-state index contributed by atoms with van der Waals surface area (Å²) in [6.07, 6.45) is 4.38. The van der Waals surface area contributed by atoms with E-state index in [2.05, 4.69) is 17.4 Å². The molecule has 2 amide bonds. The molecule has 0 bridgehead atoms. The molecule has 3 N–H and O–H groups in total. The molecule has 0 aromatic heterocycles. The Balaban J connectivity index is 1.53. The summed E-state index contributed by atoms with van der Waals surface area (Å²) in [7, 11) is 0. The van der Waals surface area contributed by atoms with Gasteiger partial charge in [-0.2, -0.15) is 0 Å². The van der Waals surface area contributed by atoms with Crippen LogP contribution in [0.5, 0.6) is 0 Å². The Morgan fingerprint density at radius 2 is 1.74 bits per heavy atom. The molecule has 2 fully saturated rings. The molecule has 19 heavy (non-hydrogen) atoms. The number of piperidine rings is 1. The third-order valence-corrected chi connectivity index (χ3v) is 4.09. The molecule has 3 rings (SSSR count). The van der Waals surface area contributed by atoms with Gasteiger partial charge in [0, 0.05) is 24.8 Å². The van der Waals surface area contributed by atoms with E-state index in [1.54, 1.807) is 0 Å². The largest absolute Gasteiger partial charge is 0.399 e. The van der Waals surface area contributed by atoms with E-state index in [4.69, 9.17) is 5.73 Å². The van der Waals surface area contributed by atoms with E-state index in [1.165, 1.54) is 5.56 Å². The van der Waals surface area contributed by atoms with E-state index in [1.807, 2.05) is 17.0 Å². The topological polar surface area (TPSA) is 58.4 Å². The fraction of sp³-hybridized carbons (Fsp3) is 0.533. The summed E-state index contributed by atoms with van der Waals surface area (Å²) in [5, 5.41) is 3.06. The van der Waals surface area contributed by atoms with Crippen LogP contribution in [0.25, 0.3) is 0 Å². The molecule has 4 heteroatoms. The maximum atomic E-state index is 11.9. The molecule has 2 aliphatic rings. The minimum absolute atomic E-state index is 0.123.